The van der Waals surface area contributed by atoms with Crippen molar-refractivity contribution in [2.24, 2.45) is 0 Å². The van der Waals surface area contributed by atoms with Gasteiger partial charge in [-0.15, -0.1) is 0 Å². The SMILES string of the molecule is CC(C)N1C(=S)N[C@@H](c2ccccn2)[C@H]1c1cccn1-c1ccncc1. The molecule has 3 aromatic heterocycles. The summed E-state index contributed by atoms with van der Waals surface area (Å²) in [5.74, 6) is 0. The van der Waals surface area contributed by atoms with Crippen LogP contribution < -0.4 is 5.32 Å². The van der Waals surface area contributed by atoms with Crippen molar-refractivity contribution in [3.8, 4) is 5.69 Å². The van der Waals surface area contributed by atoms with E-state index in [-0.39, 0.29) is 18.1 Å². The van der Waals surface area contributed by atoms with Gasteiger partial charge in [-0.2, -0.15) is 0 Å². The van der Waals surface area contributed by atoms with E-state index in [2.05, 4.69) is 63.0 Å². The van der Waals surface area contributed by atoms with E-state index in [0.717, 1.165) is 16.5 Å². The monoisotopic (exact) mass is 363 g/mol. The molecule has 0 bridgehead atoms. The van der Waals surface area contributed by atoms with Crippen molar-refractivity contribution >= 4 is 17.3 Å². The van der Waals surface area contributed by atoms with Crippen LogP contribution in [0.25, 0.3) is 5.69 Å². The molecule has 5 nitrogen and oxygen atoms in total. The first kappa shape index (κ1) is 16.7. The van der Waals surface area contributed by atoms with E-state index < -0.39 is 0 Å². The first-order valence-electron chi connectivity index (χ1n) is 8.74. The van der Waals surface area contributed by atoms with Crippen molar-refractivity contribution in [2.45, 2.75) is 32.0 Å². The maximum atomic E-state index is 5.67. The van der Waals surface area contributed by atoms with Gasteiger partial charge in [-0.1, -0.05) is 6.07 Å². The second kappa shape index (κ2) is 6.88. The quantitative estimate of drug-likeness (QED) is 0.717. The molecule has 0 saturated carbocycles. The zero-order chi connectivity index (χ0) is 18.1. The van der Waals surface area contributed by atoms with Gasteiger partial charge in [-0.3, -0.25) is 9.97 Å². The highest BCUT2D eigenvalue weighted by molar-refractivity contribution is 7.80. The summed E-state index contributed by atoms with van der Waals surface area (Å²) in [6, 6.07) is 14.6. The molecule has 3 aromatic rings. The lowest BCUT2D eigenvalue weighted by atomic mass is 10.0. The van der Waals surface area contributed by atoms with Crippen LogP contribution in [0.3, 0.4) is 0 Å². The molecular formula is C20H21N5S. The smallest absolute Gasteiger partial charge is 0.170 e. The van der Waals surface area contributed by atoms with Gasteiger partial charge in [-0.25, -0.2) is 0 Å². The zero-order valence-electron chi connectivity index (χ0n) is 14.8. The van der Waals surface area contributed by atoms with Gasteiger partial charge in [0.1, 0.15) is 0 Å². The molecule has 0 aromatic carbocycles. The van der Waals surface area contributed by atoms with E-state index in [4.69, 9.17) is 12.2 Å². The molecule has 0 spiro atoms. The number of rotatable bonds is 4. The highest BCUT2D eigenvalue weighted by Crippen LogP contribution is 2.40. The lowest BCUT2D eigenvalue weighted by molar-refractivity contribution is 0.262. The molecule has 1 aliphatic rings. The number of hydrogen-bond acceptors (Lipinski definition) is 3. The molecule has 26 heavy (non-hydrogen) atoms. The van der Waals surface area contributed by atoms with Crippen molar-refractivity contribution in [2.75, 3.05) is 0 Å². The number of nitrogens with one attached hydrogen (secondary N) is 1. The maximum Gasteiger partial charge on any atom is 0.170 e. The highest BCUT2D eigenvalue weighted by atomic mass is 32.1. The van der Waals surface area contributed by atoms with Gasteiger partial charge in [0.05, 0.1) is 17.8 Å². The van der Waals surface area contributed by atoms with E-state index in [1.165, 1.54) is 5.69 Å². The Morgan fingerprint density at radius 2 is 1.85 bits per heavy atom. The molecule has 6 heteroatoms. The van der Waals surface area contributed by atoms with Crippen molar-refractivity contribution < 1.29 is 0 Å². The summed E-state index contributed by atoms with van der Waals surface area (Å²) in [4.78, 5) is 11.0. The van der Waals surface area contributed by atoms with E-state index >= 15 is 0 Å². The fourth-order valence-corrected chi connectivity index (χ4v) is 4.06. The Morgan fingerprint density at radius 1 is 1.04 bits per heavy atom. The Balaban J connectivity index is 1.83. The Bertz CT molecular complexity index is 891. The molecule has 0 unspecified atom stereocenters. The van der Waals surface area contributed by atoms with Gasteiger partial charge < -0.3 is 14.8 Å². The third-order valence-electron chi connectivity index (χ3n) is 4.72. The summed E-state index contributed by atoms with van der Waals surface area (Å²) >= 11 is 5.67. The molecule has 132 valence electrons. The standard InChI is InChI=1S/C20H21N5S/c1-14(2)25-19(18(23-20(25)26)16-6-3-4-10-22-16)17-7-5-13-24(17)15-8-11-21-12-9-15/h3-14,18-19H,1-2H3,(H,23,26)/t18-,19+/m0/s1. The van der Waals surface area contributed by atoms with Gasteiger partial charge in [0.2, 0.25) is 0 Å². The second-order valence-electron chi connectivity index (χ2n) is 6.64. The van der Waals surface area contributed by atoms with E-state index in [9.17, 15) is 0 Å². The summed E-state index contributed by atoms with van der Waals surface area (Å²) in [6.07, 6.45) is 7.54. The van der Waals surface area contributed by atoms with Crippen LogP contribution in [-0.4, -0.2) is 30.6 Å². The minimum atomic E-state index is 0.00147. The Kier molecular flexibility index (Phi) is 4.42. The van der Waals surface area contributed by atoms with E-state index in [0.29, 0.717) is 0 Å². The fourth-order valence-electron chi connectivity index (χ4n) is 3.61. The number of nitrogens with zero attached hydrogens (tertiary/aromatic N) is 4. The molecule has 0 amide bonds. The van der Waals surface area contributed by atoms with Crippen LogP contribution >= 0.6 is 12.2 Å². The van der Waals surface area contributed by atoms with Crippen LogP contribution in [-0.2, 0) is 0 Å². The molecule has 1 fully saturated rings. The summed E-state index contributed by atoms with van der Waals surface area (Å²) < 4.78 is 2.20. The highest BCUT2D eigenvalue weighted by Gasteiger charge is 2.42. The van der Waals surface area contributed by atoms with Crippen LogP contribution in [0.15, 0.2) is 67.3 Å². The van der Waals surface area contributed by atoms with Gasteiger partial charge >= 0.3 is 0 Å². The third kappa shape index (κ3) is 2.86. The van der Waals surface area contributed by atoms with Gasteiger partial charge in [0, 0.05) is 42.2 Å². The van der Waals surface area contributed by atoms with E-state index in [1.54, 1.807) is 0 Å². The van der Waals surface area contributed by atoms with E-state index in [1.807, 2.05) is 42.9 Å². The number of aromatic nitrogens is 3. The molecule has 1 saturated heterocycles. The van der Waals surface area contributed by atoms with Crippen LogP contribution in [0.4, 0.5) is 0 Å². The van der Waals surface area contributed by atoms with Gasteiger partial charge in [0.15, 0.2) is 5.11 Å². The fraction of sp³-hybridized carbons (Fsp3) is 0.250. The Labute approximate surface area is 158 Å². The normalized spacial score (nSPS) is 19.8. The van der Waals surface area contributed by atoms with Crippen LogP contribution in [0.5, 0.6) is 0 Å². The summed E-state index contributed by atoms with van der Waals surface area (Å²) in [7, 11) is 0. The van der Waals surface area contributed by atoms with Crippen molar-refractivity contribution in [1.82, 2.24) is 24.8 Å². The van der Waals surface area contributed by atoms with Crippen LogP contribution in [0.2, 0.25) is 0 Å². The summed E-state index contributed by atoms with van der Waals surface area (Å²) in [5, 5.41) is 4.25. The molecule has 2 atom stereocenters. The average Bonchev–Trinajstić information content (AvgIpc) is 3.27. The lowest BCUT2D eigenvalue weighted by Gasteiger charge is -2.31. The van der Waals surface area contributed by atoms with Crippen molar-refractivity contribution in [3.63, 3.8) is 0 Å². The summed E-state index contributed by atoms with van der Waals surface area (Å²) in [5.41, 5.74) is 3.25. The first-order chi connectivity index (χ1) is 12.7. The van der Waals surface area contributed by atoms with Gasteiger partial charge in [-0.05, 0) is 62.5 Å². The predicted octanol–water partition coefficient (Wildman–Crippen LogP) is 3.65. The number of hydrogen-bond donors (Lipinski definition) is 1. The first-order valence-corrected chi connectivity index (χ1v) is 9.15. The van der Waals surface area contributed by atoms with Gasteiger partial charge in [0.25, 0.3) is 0 Å². The molecule has 4 rings (SSSR count). The molecular weight excluding hydrogens is 342 g/mol. The number of pyridine rings is 2. The largest absolute Gasteiger partial charge is 0.352 e. The average molecular weight is 363 g/mol. The Morgan fingerprint density at radius 3 is 2.54 bits per heavy atom. The maximum absolute atomic E-state index is 5.67. The Hall–Kier alpha value is -2.73. The zero-order valence-corrected chi connectivity index (χ0v) is 15.6. The van der Waals surface area contributed by atoms with Crippen molar-refractivity contribution in [1.29, 1.82) is 0 Å². The predicted molar refractivity (Wildman–Crippen MR) is 106 cm³/mol. The molecule has 4 heterocycles. The third-order valence-corrected chi connectivity index (χ3v) is 5.04. The molecule has 1 N–H and O–H groups in total. The topological polar surface area (TPSA) is 46.0 Å². The number of thiocarbonyl (C=S) groups is 1. The molecule has 0 aliphatic carbocycles. The minimum absolute atomic E-state index is 0.00147. The second-order valence-corrected chi connectivity index (χ2v) is 7.02. The summed E-state index contributed by atoms with van der Waals surface area (Å²) in [6.45, 7) is 4.34. The lowest BCUT2D eigenvalue weighted by Crippen LogP contribution is -2.36. The van der Waals surface area contributed by atoms with Crippen molar-refractivity contribution in [3.05, 3.63) is 78.6 Å². The van der Waals surface area contributed by atoms with Crippen LogP contribution in [0, 0.1) is 0 Å². The molecule has 0 radical (unpaired) electrons. The minimum Gasteiger partial charge on any atom is -0.352 e. The van der Waals surface area contributed by atoms with Crippen LogP contribution in [0.1, 0.15) is 37.3 Å². The molecule has 1 aliphatic heterocycles.